The van der Waals surface area contributed by atoms with Crippen molar-refractivity contribution in [1.29, 1.82) is 0 Å². The minimum atomic E-state index is -0.963. The van der Waals surface area contributed by atoms with Gasteiger partial charge in [-0.2, -0.15) is 4.39 Å². The van der Waals surface area contributed by atoms with E-state index < -0.39 is 22.3 Å². The van der Waals surface area contributed by atoms with E-state index in [0.29, 0.717) is 17.1 Å². The van der Waals surface area contributed by atoms with E-state index in [0.717, 1.165) is 12.1 Å². The van der Waals surface area contributed by atoms with Crippen molar-refractivity contribution in [2.45, 2.75) is 0 Å². The average Bonchev–Trinajstić information content (AvgIpc) is 2.64. The maximum Gasteiger partial charge on any atom is 0.306 e. The third kappa shape index (κ3) is 4.02. The molecule has 0 radical (unpaired) electrons. The number of hydrogen-bond acceptors (Lipinski definition) is 4. The molecule has 0 aromatic heterocycles. The van der Waals surface area contributed by atoms with Crippen LogP contribution in [0.1, 0.15) is 10.4 Å². The van der Waals surface area contributed by atoms with Gasteiger partial charge in [0.05, 0.1) is 4.92 Å². The topological polar surface area (TPSA) is 81.5 Å². The van der Waals surface area contributed by atoms with Crippen molar-refractivity contribution in [3.63, 3.8) is 0 Å². The van der Waals surface area contributed by atoms with Gasteiger partial charge in [-0.25, -0.2) is 0 Å². The maximum atomic E-state index is 13.3. The number of nitro benzene ring substituents is 1. The van der Waals surface area contributed by atoms with E-state index >= 15 is 0 Å². The summed E-state index contributed by atoms with van der Waals surface area (Å²) in [5, 5.41) is 13.3. The smallest absolute Gasteiger partial charge is 0.306 e. The molecule has 0 saturated carbocycles. The van der Waals surface area contributed by atoms with E-state index in [1.807, 2.05) is 30.3 Å². The molecule has 1 amide bonds. The number of anilines is 1. The molecule has 3 aromatic rings. The van der Waals surface area contributed by atoms with Crippen molar-refractivity contribution in [1.82, 2.24) is 0 Å². The van der Waals surface area contributed by atoms with Crippen LogP contribution < -0.4 is 10.1 Å². The molecule has 6 nitrogen and oxygen atoms in total. The van der Waals surface area contributed by atoms with E-state index in [-0.39, 0.29) is 5.69 Å². The quantitative estimate of drug-likeness (QED) is 0.529. The van der Waals surface area contributed by atoms with Crippen LogP contribution >= 0.6 is 0 Å². The monoisotopic (exact) mass is 352 g/mol. The molecular weight excluding hydrogens is 339 g/mol. The van der Waals surface area contributed by atoms with E-state index in [2.05, 4.69) is 5.32 Å². The lowest BCUT2D eigenvalue weighted by Crippen LogP contribution is -2.12. The van der Waals surface area contributed by atoms with Crippen LogP contribution in [-0.4, -0.2) is 10.8 Å². The highest BCUT2D eigenvalue weighted by atomic mass is 19.1. The first-order valence-corrected chi connectivity index (χ1v) is 7.61. The van der Waals surface area contributed by atoms with Crippen molar-refractivity contribution in [2.75, 3.05) is 5.32 Å². The Morgan fingerprint density at radius 2 is 1.62 bits per heavy atom. The van der Waals surface area contributed by atoms with Gasteiger partial charge in [-0.3, -0.25) is 14.9 Å². The Bertz CT molecular complexity index is 944. The summed E-state index contributed by atoms with van der Waals surface area (Å²) in [6, 6.07) is 18.7. The summed E-state index contributed by atoms with van der Waals surface area (Å²) < 4.78 is 19.0. The molecular formula is C19H13FN2O4. The maximum absolute atomic E-state index is 13.3. The summed E-state index contributed by atoms with van der Waals surface area (Å²) >= 11 is 0. The van der Waals surface area contributed by atoms with E-state index in [1.54, 1.807) is 24.3 Å². The number of nitrogens with one attached hydrogen (secondary N) is 1. The van der Waals surface area contributed by atoms with Crippen molar-refractivity contribution in [3.8, 4) is 11.5 Å². The van der Waals surface area contributed by atoms with Crippen LogP contribution in [0.25, 0.3) is 0 Å². The third-order valence-corrected chi connectivity index (χ3v) is 3.50. The normalized spacial score (nSPS) is 10.2. The Kier molecular flexibility index (Phi) is 4.89. The number of carbonyl (C=O) groups excluding carboxylic acids is 1. The summed E-state index contributed by atoms with van der Waals surface area (Å²) in [5.74, 6) is -0.207. The highest BCUT2D eigenvalue weighted by molar-refractivity contribution is 6.04. The number of rotatable bonds is 5. The van der Waals surface area contributed by atoms with Gasteiger partial charge in [0.1, 0.15) is 11.5 Å². The molecule has 1 N–H and O–H groups in total. The molecule has 3 rings (SSSR count). The van der Waals surface area contributed by atoms with Gasteiger partial charge < -0.3 is 10.1 Å². The zero-order valence-electron chi connectivity index (χ0n) is 13.4. The van der Waals surface area contributed by atoms with Crippen LogP contribution in [-0.2, 0) is 0 Å². The fourth-order valence-corrected chi connectivity index (χ4v) is 2.23. The number of halogens is 1. The number of amides is 1. The van der Waals surface area contributed by atoms with Gasteiger partial charge in [-0.1, -0.05) is 18.2 Å². The van der Waals surface area contributed by atoms with Gasteiger partial charge in [0.2, 0.25) is 5.82 Å². The molecule has 0 spiro atoms. The van der Waals surface area contributed by atoms with Crippen LogP contribution in [0.15, 0.2) is 72.8 Å². The zero-order chi connectivity index (χ0) is 18.5. The summed E-state index contributed by atoms with van der Waals surface area (Å²) in [6.45, 7) is 0. The zero-order valence-corrected chi connectivity index (χ0v) is 13.4. The third-order valence-electron chi connectivity index (χ3n) is 3.50. The first-order chi connectivity index (χ1) is 12.5. The molecule has 0 aliphatic heterocycles. The predicted molar refractivity (Wildman–Crippen MR) is 94.0 cm³/mol. The summed E-state index contributed by atoms with van der Waals surface area (Å²) in [7, 11) is 0. The molecule has 0 unspecified atom stereocenters. The Morgan fingerprint density at radius 1 is 0.962 bits per heavy atom. The molecule has 0 fully saturated rings. The number of carbonyl (C=O) groups is 1. The second-order valence-corrected chi connectivity index (χ2v) is 5.32. The minimum Gasteiger partial charge on any atom is -0.457 e. The van der Waals surface area contributed by atoms with Crippen molar-refractivity contribution in [3.05, 3.63) is 94.3 Å². The summed E-state index contributed by atoms with van der Waals surface area (Å²) in [5.41, 5.74) is -0.237. The SMILES string of the molecule is O=C(Nc1ccc(F)c([N+](=O)[O-])c1)c1ccc(Oc2ccccc2)cc1. The fourth-order valence-electron chi connectivity index (χ4n) is 2.23. The van der Waals surface area contributed by atoms with Crippen molar-refractivity contribution in [2.24, 2.45) is 0 Å². The molecule has 7 heteroatoms. The van der Waals surface area contributed by atoms with Gasteiger partial charge in [-0.05, 0) is 48.5 Å². The predicted octanol–water partition coefficient (Wildman–Crippen LogP) is 4.78. The molecule has 0 aliphatic rings. The number of ether oxygens (including phenoxy) is 1. The molecule has 0 atom stereocenters. The van der Waals surface area contributed by atoms with Crippen LogP contribution in [0, 0.1) is 15.9 Å². The van der Waals surface area contributed by atoms with Gasteiger partial charge in [-0.15, -0.1) is 0 Å². The molecule has 130 valence electrons. The Hall–Kier alpha value is -3.74. The second kappa shape index (κ2) is 7.43. The number of benzene rings is 3. The lowest BCUT2D eigenvalue weighted by molar-refractivity contribution is -0.387. The molecule has 0 bridgehead atoms. The summed E-state index contributed by atoms with van der Waals surface area (Å²) in [6.07, 6.45) is 0. The molecule has 3 aromatic carbocycles. The van der Waals surface area contributed by atoms with E-state index in [1.165, 1.54) is 6.07 Å². The average molecular weight is 352 g/mol. The second-order valence-electron chi connectivity index (χ2n) is 5.32. The Balaban J connectivity index is 1.70. The van der Waals surface area contributed by atoms with Gasteiger partial charge in [0.25, 0.3) is 5.91 Å². The highest BCUT2D eigenvalue weighted by Gasteiger charge is 2.15. The first-order valence-electron chi connectivity index (χ1n) is 7.61. The molecule has 26 heavy (non-hydrogen) atoms. The van der Waals surface area contributed by atoms with Gasteiger partial charge >= 0.3 is 5.69 Å². The lowest BCUT2D eigenvalue weighted by atomic mass is 10.2. The number of para-hydroxylation sites is 1. The fraction of sp³-hybridized carbons (Fsp3) is 0. The molecule has 0 heterocycles. The number of nitro groups is 1. The van der Waals surface area contributed by atoms with Crippen LogP contribution in [0.5, 0.6) is 11.5 Å². The first kappa shape index (κ1) is 17.1. The Morgan fingerprint density at radius 3 is 2.27 bits per heavy atom. The number of nitrogens with zero attached hydrogens (tertiary/aromatic N) is 1. The van der Waals surface area contributed by atoms with Crippen LogP contribution in [0.2, 0.25) is 0 Å². The van der Waals surface area contributed by atoms with E-state index in [9.17, 15) is 19.3 Å². The largest absolute Gasteiger partial charge is 0.457 e. The van der Waals surface area contributed by atoms with Crippen LogP contribution in [0.3, 0.4) is 0 Å². The highest BCUT2D eigenvalue weighted by Crippen LogP contribution is 2.23. The standard InChI is InChI=1S/C19H13FN2O4/c20-17-11-8-14(12-18(17)22(24)25)21-19(23)13-6-9-16(10-7-13)26-15-4-2-1-3-5-15/h1-12H,(H,21,23). The summed E-state index contributed by atoms with van der Waals surface area (Å²) in [4.78, 5) is 22.1. The minimum absolute atomic E-state index is 0.132. The van der Waals surface area contributed by atoms with Crippen molar-refractivity contribution < 1.29 is 18.8 Å². The van der Waals surface area contributed by atoms with Gasteiger partial charge in [0, 0.05) is 17.3 Å². The Labute approximate surface area is 148 Å². The number of hydrogen-bond donors (Lipinski definition) is 1. The van der Waals surface area contributed by atoms with Gasteiger partial charge in [0.15, 0.2) is 0 Å². The molecule has 0 saturated heterocycles. The van der Waals surface area contributed by atoms with Crippen molar-refractivity contribution >= 4 is 17.3 Å². The molecule has 0 aliphatic carbocycles. The van der Waals surface area contributed by atoms with Crippen LogP contribution in [0.4, 0.5) is 15.8 Å². The van der Waals surface area contributed by atoms with E-state index in [4.69, 9.17) is 4.74 Å². The lowest BCUT2D eigenvalue weighted by Gasteiger charge is -2.08.